The van der Waals surface area contributed by atoms with Crippen molar-refractivity contribution in [2.45, 2.75) is 58.9 Å². The summed E-state index contributed by atoms with van der Waals surface area (Å²) in [6.45, 7) is 7.11. The molecule has 1 saturated heterocycles. The minimum absolute atomic E-state index is 0.0436. The van der Waals surface area contributed by atoms with Crippen molar-refractivity contribution in [2.75, 3.05) is 13.2 Å². The number of hydrogen-bond acceptors (Lipinski definition) is 5. The lowest BCUT2D eigenvalue weighted by molar-refractivity contribution is -0.140. The van der Waals surface area contributed by atoms with E-state index in [0.717, 1.165) is 32.1 Å². The number of fused-ring (bicyclic) bond motifs is 1. The molecule has 7 heteroatoms. The molecule has 166 valence electrons. The van der Waals surface area contributed by atoms with Gasteiger partial charge in [0.25, 0.3) is 0 Å². The van der Waals surface area contributed by atoms with Crippen molar-refractivity contribution < 1.29 is 19.4 Å². The number of nitrogens with zero attached hydrogens (tertiary/aromatic N) is 3. The van der Waals surface area contributed by atoms with E-state index < -0.39 is 11.4 Å². The van der Waals surface area contributed by atoms with Crippen molar-refractivity contribution in [1.29, 1.82) is 5.26 Å². The highest BCUT2D eigenvalue weighted by molar-refractivity contribution is 5.85. The molecule has 0 aromatic carbocycles. The Labute approximate surface area is 183 Å². The Morgan fingerprint density at radius 2 is 2.13 bits per heavy atom. The van der Waals surface area contributed by atoms with Crippen LogP contribution in [0.15, 0.2) is 18.3 Å². The maximum Gasteiger partial charge on any atom is 0.307 e. The standard InChI is InChI=1S/C24H31N3O4/c1-4-24-10-9-17(6-7-18(24)20(24)21(28)29)27-13-16(23(2,3)22(27)30)14-31-19-8-5-15(11-25)12-26-19/h5,8,12,16-18,20H,4,6-7,9-10,13-14H2,1-3H3,(H,28,29)/t16?,17?,18-,20?,24+/m1/s1. The first kappa shape index (κ1) is 21.6. The first-order valence-electron chi connectivity index (χ1n) is 11.3. The topological polar surface area (TPSA) is 104 Å². The second kappa shape index (κ2) is 7.81. The highest BCUT2D eigenvalue weighted by Crippen LogP contribution is 2.67. The van der Waals surface area contributed by atoms with Crippen molar-refractivity contribution in [3.8, 4) is 11.9 Å². The van der Waals surface area contributed by atoms with Crippen LogP contribution in [0.2, 0.25) is 0 Å². The average molecular weight is 426 g/mol. The van der Waals surface area contributed by atoms with Crippen molar-refractivity contribution in [1.82, 2.24) is 9.88 Å². The molecule has 1 N–H and O–H groups in total. The van der Waals surface area contributed by atoms with Crippen molar-refractivity contribution in [2.24, 2.45) is 28.6 Å². The van der Waals surface area contributed by atoms with Crippen LogP contribution in [0.5, 0.6) is 5.88 Å². The quantitative estimate of drug-likeness (QED) is 0.748. The third-order valence-electron chi connectivity index (χ3n) is 8.32. The molecule has 1 amide bonds. The molecule has 1 aliphatic heterocycles. The van der Waals surface area contributed by atoms with Gasteiger partial charge in [0, 0.05) is 30.8 Å². The van der Waals surface area contributed by atoms with Crippen molar-refractivity contribution >= 4 is 11.9 Å². The predicted octanol–water partition coefficient (Wildman–Crippen LogP) is 3.49. The number of ether oxygens (including phenoxy) is 1. The van der Waals surface area contributed by atoms with E-state index >= 15 is 0 Å². The van der Waals surface area contributed by atoms with E-state index in [1.54, 1.807) is 12.1 Å². The van der Waals surface area contributed by atoms with E-state index in [2.05, 4.69) is 11.9 Å². The summed E-state index contributed by atoms with van der Waals surface area (Å²) in [4.78, 5) is 31.1. The van der Waals surface area contributed by atoms with Gasteiger partial charge in [-0.05, 0) is 49.5 Å². The van der Waals surface area contributed by atoms with Crippen LogP contribution in [0.4, 0.5) is 0 Å². The monoisotopic (exact) mass is 425 g/mol. The van der Waals surface area contributed by atoms with Crippen LogP contribution in [-0.4, -0.2) is 46.1 Å². The first-order valence-corrected chi connectivity index (χ1v) is 11.3. The summed E-state index contributed by atoms with van der Waals surface area (Å²) in [7, 11) is 0. The van der Waals surface area contributed by atoms with Gasteiger partial charge in [-0.15, -0.1) is 0 Å². The van der Waals surface area contributed by atoms with Gasteiger partial charge in [-0.2, -0.15) is 5.26 Å². The molecule has 1 aromatic heterocycles. The molecule has 3 aliphatic rings. The lowest BCUT2D eigenvalue weighted by Gasteiger charge is -2.29. The number of rotatable bonds is 6. The van der Waals surface area contributed by atoms with Gasteiger partial charge in [-0.3, -0.25) is 9.59 Å². The van der Waals surface area contributed by atoms with Gasteiger partial charge in [-0.1, -0.05) is 20.8 Å². The van der Waals surface area contributed by atoms with Gasteiger partial charge < -0.3 is 14.7 Å². The lowest BCUT2D eigenvalue weighted by atomic mass is 9.82. The molecule has 2 saturated carbocycles. The molecule has 1 aromatic rings. The van der Waals surface area contributed by atoms with E-state index in [1.807, 2.05) is 24.8 Å². The zero-order chi connectivity index (χ0) is 22.4. The number of amides is 1. The number of aliphatic carboxylic acids is 1. The Morgan fingerprint density at radius 3 is 2.74 bits per heavy atom. The number of likely N-dealkylation sites (tertiary alicyclic amines) is 1. The molecule has 2 aliphatic carbocycles. The van der Waals surface area contributed by atoms with Crippen LogP contribution < -0.4 is 4.74 Å². The number of hydrogen-bond donors (Lipinski definition) is 1. The number of pyridine rings is 1. The number of carbonyl (C=O) groups excluding carboxylic acids is 1. The smallest absolute Gasteiger partial charge is 0.307 e. The maximum atomic E-state index is 13.3. The highest BCUT2D eigenvalue weighted by Gasteiger charge is 2.67. The summed E-state index contributed by atoms with van der Waals surface area (Å²) in [5.74, 6) is 0.0617. The Balaban J connectivity index is 1.40. The molecule has 3 unspecified atom stereocenters. The number of carboxylic acids is 1. The second-order valence-corrected chi connectivity index (χ2v) is 9.96. The summed E-state index contributed by atoms with van der Waals surface area (Å²) in [5, 5.41) is 18.5. The van der Waals surface area contributed by atoms with Crippen LogP contribution in [0.3, 0.4) is 0 Å². The summed E-state index contributed by atoms with van der Waals surface area (Å²) >= 11 is 0. The molecule has 0 spiro atoms. The Bertz CT molecular complexity index is 906. The van der Waals surface area contributed by atoms with Gasteiger partial charge in [0.2, 0.25) is 11.8 Å². The molecule has 5 atom stereocenters. The van der Waals surface area contributed by atoms with Crippen LogP contribution in [-0.2, 0) is 9.59 Å². The van der Waals surface area contributed by atoms with Crippen molar-refractivity contribution in [3.63, 3.8) is 0 Å². The van der Waals surface area contributed by atoms with E-state index in [1.165, 1.54) is 6.20 Å². The summed E-state index contributed by atoms with van der Waals surface area (Å²) in [6.07, 6.45) is 5.90. The highest BCUT2D eigenvalue weighted by atomic mass is 16.5. The van der Waals surface area contributed by atoms with Gasteiger partial charge in [0.05, 0.1) is 23.5 Å². The minimum Gasteiger partial charge on any atom is -0.481 e. The number of carbonyl (C=O) groups is 2. The molecule has 3 fully saturated rings. The fourth-order valence-corrected chi connectivity index (χ4v) is 6.10. The molecule has 31 heavy (non-hydrogen) atoms. The van der Waals surface area contributed by atoms with E-state index in [4.69, 9.17) is 10.00 Å². The number of nitriles is 1. The average Bonchev–Trinajstić information content (AvgIpc) is 3.39. The number of aromatic nitrogens is 1. The third-order valence-corrected chi connectivity index (χ3v) is 8.32. The molecule has 2 heterocycles. The molecular formula is C24H31N3O4. The maximum absolute atomic E-state index is 13.3. The van der Waals surface area contributed by atoms with Crippen LogP contribution in [0.1, 0.15) is 58.4 Å². The van der Waals surface area contributed by atoms with Crippen LogP contribution in [0.25, 0.3) is 0 Å². The minimum atomic E-state index is -0.655. The SMILES string of the molecule is CC[C@]12CCC(N3CC(COc4ccc(C#N)cn4)C(C)(C)C3=O)CC[C@@H]1C2C(=O)O. The summed E-state index contributed by atoms with van der Waals surface area (Å²) in [6, 6.07) is 5.57. The molecule has 0 radical (unpaired) electrons. The Kier molecular flexibility index (Phi) is 5.45. The second-order valence-electron chi connectivity index (χ2n) is 9.96. The van der Waals surface area contributed by atoms with Gasteiger partial charge in [-0.25, -0.2) is 4.98 Å². The normalized spacial score (nSPS) is 33.9. The van der Waals surface area contributed by atoms with Gasteiger partial charge in [0.1, 0.15) is 6.07 Å². The molecule has 0 bridgehead atoms. The van der Waals surface area contributed by atoms with Crippen LogP contribution in [0, 0.1) is 39.9 Å². The van der Waals surface area contributed by atoms with Gasteiger partial charge in [0.15, 0.2) is 0 Å². The summed E-state index contributed by atoms with van der Waals surface area (Å²) in [5.41, 5.74) is -0.104. The Hall–Kier alpha value is -2.62. The predicted molar refractivity (Wildman–Crippen MR) is 113 cm³/mol. The first-order chi connectivity index (χ1) is 14.7. The van der Waals surface area contributed by atoms with Crippen molar-refractivity contribution in [3.05, 3.63) is 23.9 Å². The zero-order valence-corrected chi connectivity index (χ0v) is 18.5. The molecule has 7 nitrogen and oxygen atoms in total. The third kappa shape index (κ3) is 3.56. The lowest BCUT2D eigenvalue weighted by Crippen LogP contribution is -2.39. The zero-order valence-electron chi connectivity index (χ0n) is 18.5. The molecule has 4 rings (SSSR count). The van der Waals surface area contributed by atoms with Gasteiger partial charge >= 0.3 is 5.97 Å². The fraction of sp³-hybridized carbons (Fsp3) is 0.667. The van der Waals surface area contributed by atoms with E-state index in [9.17, 15) is 14.7 Å². The van der Waals surface area contributed by atoms with E-state index in [-0.39, 0.29) is 35.1 Å². The van der Waals surface area contributed by atoms with Crippen LogP contribution >= 0.6 is 0 Å². The molecular weight excluding hydrogens is 394 g/mol. The summed E-state index contributed by atoms with van der Waals surface area (Å²) < 4.78 is 5.87. The van der Waals surface area contributed by atoms with E-state index in [0.29, 0.717) is 24.6 Å². The largest absolute Gasteiger partial charge is 0.481 e. The number of carboxylic acid groups (broad SMARTS) is 1. The Morgan fingerprint density at radius 1 is 1.35 bits per heavy atom. The fourth-order valence-electron chi connectivity index (χ4n) is 6.10.